The second-order valence-corrected chi connectivity index (χ2v) is 4.95. The zero-order chi connectivity index (χ0) is 15.3. The molecular weight excluding hydrogens is 256 g/mol. The summed E-state index contributed by atoms with van der Waals surface area (Å²) in [5.41, 5.74) is 6.72. The average molecular weight is 278 g/mol. The van der Waals surface area contributed by atoms with Crippen molar-refractivity contribution in [3.63, 3.8) is 0 Å². The molecule has 110 valence electrons. The number of nitrogens with one attached hydrogen (secondary N) is 2. The quantitative estimate of drug-likeness (QED) is 0.758. The second-order valence-electron chi connectivity index (χ2n) is 4.95. The Morgan fingerprint density at radius 1 is 1.15 bits per heavy atom. The Morgan fingerprint density at radius 2 is 1.70 bits per heavy atom. The summed E-state index contributed by atoms with van der Waals surface area (Å²) < 4.78 is 0. The zero-order valence-corrected chi connectivity index (χ0v) is 12.3. The lowest BCUT2D eigenvalue weighted by molar-refractivity contribution is -0.130. The topological polar surface area (TPSA) is 87.5 Å². The van der Waals surface area contributed by atoms with E-state index in [1.165, 1.54) is 0 Å². The van der Waals surface area contributed by atoms with Gasteiger partial charge in [-0.1, -0.05) is 12.1 Å². The molecule has 1 rings (SSSR count). The van der Waals surface area contributed by atoms with Crippen molar-refractivity contribution >= 4 is 17.6 Å². The third-order valence-electron chi connectivity index (χ3n) is 2.99. The third-order valence-corrected chi connectivity index (χ3v) is 2.99. The molecule has 0 aliphatic rings. The number of likely N-dealkylation sites (N-methyl/N-ethyl adjacent to an activating group) is 1. The number of rotatable bonds is 5. The van der Waals surface area contributed by atoms with Gasteiger partial charge in [0.2, 0.25) is 5.91 Å². The molecule has 6 nitrogen and oxygen atoms in total. The van der Waals surface area contributed by atoms with Gasteiger partial charge < -0.3 is 16.0 Å². The van der Waals surface area contributed by atoms with Crippen LogP contribution in [0, 0.1) is 0 Å². The van der Waals surface area contributed by atoms with Gasteiger partial charge in [0, 0.05) is 25.8 Å². The summed E-state index contributed by atoms with van der Waals surface area (Å²) in [5.74, 6) is 0.0314. The minimum Gasteiger partial charge on any atom is -0.351 e. The van der Waals surface area contributed by atoms with Crippen molar-refractivity contribution in [2.75, 3.05) is 19.4 Å². The Labute approximate surface area is 119 Å². The summed E-state index contributed by atoms with van der Waals surface area (Å²) in [7, 11) is 3.46. The van der Waals surface area contributed by atoms with Crippen molar-refractivity contribution in [3.05, 3.63) is 29.8 Å². The fourth-order valence-electron chi connectivity index (χ4n) is 1.93. The first-order chi connectivity index (χ1) is 9.31. The van der Waals surface area contributed by atoms with Crippen LogP contribution in [0.25, 0.3) is 0 Å². The smallest absolute Gasteiger partial charge is 0.316 e. The molecule has 4 N–H and O–H groups in total. The fourth-order valence-corrected chi connectivity index (χ4v) is 1.93. The van der Waals surface area contributed by atoms with Crippen LogP contribution >= 0.6 is 0 Å². The van der Waals surface area contributed by atoms with Gasteiger partial charge in [0.1, 0.15) is 0 Å². The van der Waals surface area contributed by atoms with Crippen LogP contribution in [0.4, 0.5) is 10.5 Å². The van der Waals surface area contributed by atoms with Crippen LogP contribution in [-0.4, -0.2) is 37.0 Å². The van der Waals surface area contributed by atoms with Crippen LogP contribution in [0.5, 0.6) is 0 Å². The van der Waals surface area contributed by atoms with E-state index >= 15 is 0 Å². The summed E-state index contributed by atoms with van der Waals surface area (Å²) in [5, 5.41) is 5.74. The van der Waals surface area contributed by atoms with Crippen LogP contribution in [0.15, 0.2) is 24.3 Å². The molecular formula is C14H22N4O2. The predicted octanol–water partition coefficient (Wildman–Crippen LogP) is 1.30. The number of carbonyl (C=O) groups excluding carboxylic acids is 2. The van der Waals surface area contributed by atoms with E-state index in [1.807, 2.05) is 26.0 Å². The van der Waals surface area contributed by atoms with Crippen LogP contribution in [0.2, 0.25) is 0 Å². The van der Waals surface area contributed by atoms with Crippen molar-refractivity contribution in [1.29, 1.82) is 0 Å². The first-order valence-electron chi connectivity index (χ1n) is 6.45. The zero-order valence-electron chi connectivity index (χ0n) is 12.3. The Morgan fingerprint density at radius 3 is 2.15 bits per heavy atom. The number of nitrogens with zero attached hydrogens (tertiary/aromatic N) is 1. The monoisotopic (exact) mass is 278 g/mol. The maximum absolute atomic E-state index is 11.8. The molecule has 2 unspecified atom stereocenters. The molecule has 0 aliphatic carbocycles. The number of carbonyl (C=O) groups is 2. The lowest BCUT2D eigenvalue weighted by Gasteiger charge is -2.22. The summed E-state index contributed by atoms with van der Waals surface area (Å²) in [6, 6.07) is 6.49. The highest BCUT2D eigenvalue weighted by Crippen LogP contribution is 2.16. The molecule has 0 saturated carbocycles. The average Bonchev–Trinajstić information content (AvgIpc) is 2.37. The van der Waals surface area contributed by atoms with Crippen molar-refractivity contribution in [1.82, 2.24) is 10.2 Å². The fraction of sp³-hybridized carbons (Fsp3) is 0.429. The van der Waals surface area contributed by atoms with Crippen LogP contribution in [0.3, 0.4) is 0 Å². The van der Waals surface area contributed by atoms with E-state index in [1.54, 1.807) is 31.1 Å². The van der Waals surface area contributed by atoms with Gasteiger partial charge in [0.25, 0.3) is 0 Å². The summed E-state index contributed by atoms with van der Waals surface area (Å²) in [6.45, 7) is 3.82. The van der Waals surface area contributed by atoms with Crippen molar-refractivity contribution in [2.45, 2.75) is 25.9 Å². The highest BCUT2D eigenvalue weighted by molar-refractivity contribution is 5.87. The number of hydrogen-bond donors (Lipinski definition) is 3. The lowest BCUT2D eigenvalue weighted by atomic mass is 10.1. The molecule has 0 saturated heterocycles. The number of primary amides is 1. The maximum atomic E-state index is 11.8. The van der Waals surface area contributed by atoms with Gasteiger partial charge in [-0.3, -0.25) is 10.1 Å². The van der Waals surface area contributed by atoms with E-state index in [4.69, 9.17) is 5.73 Å². The Bertz CT molecular complexity index is 471. The van der Waals surface area contributed by atoms with E-state index in [9.17, 15) is 9.59 Å². The largest absolute Gasteiger partial charge is 0.351 e. The molecule has 1 aromatic carbocycles. The molecule has 2 atom stereocenters. The number of nitrogens with two attached hydrogens (primary N) is 1. The Balaban J connectivity index is 2.66. The SMILES string of the molecule is CC(NC(C)c1ccc(NC(N)=O)cc1)C(=O)N(C)C. The normalized spacial score (nSPS) is 13.4. The molecule has 0 radical (unpaired) electrons. The third kappa shape index (κ3) is 4.55. The van der Waals surface area contributed by atoms with E-state index in [0.29, 0.717) is 5.69 Å². The first-order valence-corrected chi connectivity index (χ1v) is 6.45. The van der Waals surface area contributed by atoms with Gasteiger partial charge in [-0.15, -0.1) is 0 Å². The Kier molecular flexibility index (Phi) is 5.52. The van der Waals surface area contributed by atoms with Crippen LogP contribution in [0.1, 0.15) is 25.5 Å². The molecule has 0 bridgehead atoms. The van der Waals surface area contributed by atoms with Crippen LogP contribution in [-0.2, 0) is 4.79 Å². The van der Waals surface area contributed by atoms with Crippen LogP contribution < -0.4 is 16.4 Å². The van der Waals surface area contributed by atoms with Crippen molar-refractivity contribution in [3.8, 4) is 0 Å². The van der Waals surface area contributed by atoms with Gasteiger partial charge in [-0.2, -0.15) is 0 Å². The molecule has 0 aliphatic heterocycles. The second kappa shape index (κ2) is 6.91. The molecule has 0 spiro atoms. The number of urea groups is 1. The number of hydrogen-bond acceptors (Lipinski definition) is 3. The maximum Gasteiger partial charge on any atom is 0.316 e. The van der Waals surface area contributed by atoms with E-state index in [-0.39, 0.29) is 18.0 Å². The molecule has 3 amide bonds. The first kappa shape index (κ1) is 16.0. The summed E-state index contributed by atoms with van der Waals surface area (Å²) in [4.78, 5) is 24.1. The van der Waals surface area contributed by atoms with Gasteiger partial charge in [0.15, 0.2) is 0 Å². The summed E-state index contributed by atoms with van der Waals surface area (Å²) >= 11 is 0. The minimum atomic E-state index is -0.589. The highest BCUT2D eigenvalue weighted by atomic mass is 16.2. The van der Waals surface area contributed by atoms with E-state index in [0.717, 1.165) is 5.56 Å². The molecule has 1 aromatic rings. The minimum absolute atomic E-state index is 0.0246. The highest BCUT2D eigenvalue weighted by Gasteiger charge is 2.17. The van der Waals surface area contributed by atoms with Gasteiger partial charge >= 0.3 is 6.03 Å². The molecule has 0 fully saturated rings. The lowest BCUT2D eigenvalue weighted by Crippen LogP contribution is -2.42. The van der Waals surface area contributed by atoms with E-state index < -0.39 is 6.03 Å². The van der Waals surface area contributed by atoms with Gasteiger partial charge in [0.05, 0.1) is 6.04 Å². The number of benzene rings is 1. The number of amides is 3. The molecule has 20 heavy (non-hydrogen) atoms. The molecule has 6 heteroatoms. The van der Waals surface area contributed by atoms with E-state index in [2.05, 4.69) is 10.6 Å². The van der Waals surface area contributed by atoms with Gasteiger partial charge in [-0.05, 0) is 31.5 Å². The van der Waals surface area contributed by atoms with Gasteiger partial charge in [-0.25, -0.2) is 4.79 Å². The summed E-state index contributed by atoms with van der Waals surface area (Å²) in [6.07, 6.45) is 0. The molecule has 0 aromatic heterocycles. The van der Waals surface area contributed by atoms with Crippen molar-refractivity contribution < 1.29 is 9.59 Å². The molecule has 0 heterocycles. The number of anilines is 1. The Hall–Kier alpha value is -2.08. The predicted molar refractivity (Wildman–Crippen MR) is 79.4 cm³/mol. The van der Waals surface area contributed by atoms with Crippen molar-refractivity contribution in [2.24, 2.45) is 5.73 Å². The standard InChI is InChI=1S/C14H22N4O2/c1-9(16-10(2)13(19)18(3)4)11-5-7-12(8-6-11)17-14(15)20/h5-10,16H,1-4H3,(H3,15,17,20).